The van der Waals surface area contributed by atoms with Crippen LogP contribution in [0.4, 0.5) is 31.1 Å². The molecule has 0 aliphatic heterocycles. The monoisotopic (exact) mass is 380 g/mol. The highest BCUT2D eigenvalue weighted by Gasteiger charge is 2.74. The number of carbonyl (C=O) groups is 1. The number of alkyl halides is 6. The molecule has 0 aromatic heterocycles. The van der Waals surface area contributed by atoms with Gasteiger partial charge < -0.3 is 9.47 Å². The Bertz CT molecular complexity index is 403. The van der Waals surface area contributed by atoms with Crippen LogP contribution in [0, 0.1) is 5.92 Å². The fourth-order valence-electron chi connectivity index (χ4n) is 2.53. The number of halogens is 6. The number of hydrogen-bond donors (Lipinski definition) is 0. The lowest BCUT2D eigenvalue weighted by Gasteiger charge is -2.39. The van der Waals surface area contributed by atoms with Gasteiger partial charge in [-0.05, 0) is 26.7 Å². The molecule has 0 atom stereocenters. The molecule has 3 nitrogen and oxygen atoms in total. The first-order chi connectivity index (χ1) is 11.1. The van der Waals surface area contributed by atoms with Crippen molar-refractivity contribution in [3.05, 3.63) is 0 Å². The Morgan fingerprint density at radius 1 is 0.840 bits per heavy atom. The van der Waals surface area contributed by atoms with Gasteiger partial charge in [0.25, 0.3) is 0 Å². The van der Waals surface area contributed by atoms with E-state index >= 15 is 0 Å². The van der Waals surface area contributed by atoms with Gasteiger partial charge in [0.05, 0.1) is 0 Å². The Morgan fingerprint density at radius 2 is 1.24 bits per heavy atom. The van der Waals surface area contributed by atoms with Gasteiger partial charge in [0.1, 0.15) is 5.60 Å². The predicted octanol–water partition coefficient (Wildman–Crippen LogP) is 6.41. The predicted molar refractivity (Wildman–Crippen MR) is 80.1 cm³/mol. The quantitative estimate of drug-likeness (QED) is 0.378. The summed E-state index contributed by atoms with van der Waals surface area (Å²) >= 11 is 0. The van der Waals surface area contributed by atoms with Gasteiger partial charge >= 0.3 is 24.1 Å². The molecule has 0 fully saturated rings. The number of hydrogen-bond acceptors (Lipinski definition) is 3. The van der Waals surface area contributed by atoms with Gasteiger partial charge in [0.2, 0.25) is 0 Å². The molecular weight excluding hydrogens is 354 g/mol. The standard InChI is InChI=1S/C16H26F6O3/c1-6-8-11(9-7-2)10-14(15(17,18)19,16(20,21)22)25-12(23)24-13(3,4)5/h11H,6-10H2,1-5H3. The molecule has 0 saturated carbocycles. The van der Waals surface area contributed by atoms with Crippen LogP contribution in [0.3, 0.4) is 0 Å². The summed E-state index contributed by atoms with van der Waals surface area (Å²) in [6.45, 7) is 7.27. The van der Waals surface area contributed by atoms with Crippen LogP contribution < -0.4 is 0 Å². The van der Waals surface area contributed by atoms with Crippen LogP contribution in [0.2, 0.25) is 0 Å². The van der Waals surface area contributed by atoms with Crippen LogP contribution in [0.15, 0.2) is 0 Å². The molecule has 0 aromatic carbocycles. The molecule has 0 N–H and O–H groups in total. The first-order valence-corrected chi connectivity index (χ1v) is 8.15. The molecule has 0 spiro atoms. The summed E-state index contributed by atoms with van der Waals surface area (Å²) in [6.07, 6.45) is -13.8. The van der Waals surface area contributed by atoms with Crippen molar-refractivity contribution in [2.24, 2.45) is 5.92 Å². The van der Waals surface area contributed by atoms with E-state index in [4.69, 9.17) is 0 Å². The van der Waals surface area contributed by atoms with Gasteiger partial charge in [0, 0.05) is 6.42 Å². The molecule has 0 aromatic rings. The van der Waals surface area contributed by atoms with Gasteiger partial charge in [0.15, 0.2) is 0 Å². The van der Waals surface area contributed by atoms with E-state index in [-0.39, 0.29) is 12.8 Å². The van der Waals surface area contributed by atoms with Crippen LogP contribution in [0.5, 0.6) is 0 Å². The van der Waals surface area contributed by atoms with Crippen molar-refractivity contribution in [2.45, 2.75) is 90.3 Å². The van der Waals surface area contributed by atoms with Crippen LogP contribution in [-0.4, -0.2) is 29.7 Å². The van der Waals surface area contributed by atoms with E-state index in [0.717, 1.165) is 0 Å². The Balaban J connectivity index is 5.87. The fourth-order valence-corrected chi connectivity index (χ4v) is 2.53. The van der Waals surface area contributed by atoms with Crippen molar-refractivity contribution < 1.29 is 40.6 Å². The summed E-state index contributed by atoms with van der Waals surface area (Å²) in [5, 5.41) is 0. The Hall–Kier alpha value is -1.15. The third-order valence-electron chi connectivity index (χ3n) is 3.53. The van der Waals surface area contributed by atoms with Crippen molar-refractivity contribution in [1.82, 2.24) is 0 Å². The summed E-state index contributed by atoms with van der Waals surface area (Å²) in [5.74, 6) is -0.888. The lowest BCUT2D eigenvalue weighted by molar-refractivity contribution is -0.374. The first-order valence-electron chi connectivity index (χ1n) is 8.15. The maximum Gasteiger partial charge on any atom is 0.510 e. The van der Waals surface area contributed by atoms with Gasteiger partial charge in [-0.25, -0.2) is 4.79 Å². The minimum absolute atomic E-state index is 0.166. The summed E-state index contributed by atoms with van der Waals surface area (Å²) < 4.78 is 89.2. The van der Waals surface area contributed by atoms with E-state index in [0.29, 0.717) is 12.8 Å². The van der Waals surface area contributed by atoms with E-state index in [1.807, 2.05) is 0 Å². The van der Waals surface area contributed by atoms with E-state index in [9.17, 15) is 31.1 Å². The van der Waals surface area contributed by atoms with Crippen molar-refractivity contribution in [3.63, 3.8) is 0 Å². The highest BCUT2D eigenvalue weighted by Crippen LogP contribution is 2.50. The topological polar surface area (TPSA) is 35.5 Å². The average Bonchev–Trinajstić information content (AvgIpc) is 2.33. The molecule has 0 aliphatic carbocycles. The maximum atomic E-state index is 13.5. The highest BCUT2D eigenvalue weighted by molar-refractivity contribution is 5.61. The van der Waals surface area contributed by atoms with Gasteiger partial charge in [-0.3, -0.25) is 0 Å². The molecule has 0 saturated heterocycles. The highest BCUT2D eigenvalue weighted by atomic mass is 19.4. The molecular formula is C16H26F6O3. The van der Waals surface area contributed by atoms with Gasteiger partial charge in [-0.15, -0.1) is 0 Å². The first kappa shape index (κ1) is 23.9. The van der Waals surface area contributed by atoms with E-state index in [1.54, 1.807) is 13.8 Å². The number of rotatable bonds is 7. The van der Waals surface area contributed by atoms with Gasteiger partial charge in [-0.1, -0.05) is 39.5 Å². The van der Waals surface area contributed by atoms with E-state index in [1.165, 1.54) is 20.8 Å². The zero-order valence-corrected chi connectivity index (χ0v) is 15.1. The third kappa shape index (κ3) is 6.93. The second kappa shape index (κ2) is 8.49. The van der Waals surface area contributed by atoms with Crippen molar-refractivity contribution in [2.75, 3.05) is 0 Å². The lowest BCUT2D eigenvalue weighted by Crippen LogP contribution is -2.60. The van der Waals surface area contributed by atoms with Crippen molar-refractivity contribution in [3.8, 4) is 0 Å². The lowest BCUT2D eigenvalue weighted by atomic mass is 9.84. The minimum atomic E-state index is -5.82. The average molecular weight is 380 g/mol. The van der Waals surface area contributed by atoms with E-state index < -0.39 is 42.0 Å². The van der Waals surface area contributed by atoms with Crippen LogP contribution in [-0.2, 0) is 9.47 Å². The van der Waals surface area contributed by atoms with E-state index in [2.05, 4.69) is 9.47 Å². The number of ether oxygens (including phenoxy) is 2. The molecule has 0 bridgehead atoms. The maximum absolute atomic E-state index is 13.5. The molecule has 0 amide bonds. The smallest absolute Gasteiger partial charge is 0.429 e. The molecule has 150 valence electrons. The Morgan fingerprint density at radius 3 is 1.52 bits per heavy atom. The SMILES string of the molecule is CCCC(CCC)CC(OC(=O)OC(C)(C)C)(C(F)(F)F)C(F)(F)F. The van der Waals surface area contributed by atoms with Crippen LogP contribution in [0.1, 0.15) is 66.7 Å². The zero-order chi connectivity index (χ0) is 20.1. The normalized spacial score (nSPS) is 13.9. The molecule has 25 heavy (non-hydrogen) atoms. The Labute approximate surface area is 144 Å². The van der Waals surface area contributed by atoms with Gasteiger partial charge in [-0.2, -0.15) is 26.3 Å². The minimum Gasteiger partial charge on any atom is -0.429 e. The molecule has 0 heterocycles. The van der Waals surface area contributed by atoms with Crippen molar-refractivity contribution >= 4 is 6.16 Å². The summed E-state index contributed by atoms with van der Waals surface area (Å²) in [5.41, 5.74) is -5.87. The second-order valence-electron chi connectivity index (χ2n) is 7.04. The van der Waals surface area contributed by atoms with Crippen LogP contribution in [0.25, 0.3) is 0 Å². The summed E-state index contributed by atoms with van der Waals surface area (Å²) in [6, 6.07) is 0. The second-order valence-corrected chi connectivity index (χ2v) is 7.04. The molecule has 0 rings (SSSR count). The third-order valence-corrected chi connectivity index (χ3v) is 3.53. The number of carbonyl (C=O) groups excluding carboxylic acids is 1. The molecule has 0 aliphatic rings. The Kier molecular flexibility index (Phi) is 8.10. The zero-order valence-electron chi connectivity index (χ0n) is 15.1. The van der Waals surface area contributed by atoms with Crippen molar-refractivity contribution in [1.29, 1.82) is 0 Å². The summed E-state index contributed by atoms with van der Waals surface area (Å²) in [7, 11) is 0. The fraction of sp³-hybridized carbons (Fsp3) is 0.938. The van der Waals surface area contributed by atoms with Crippen LogP contribution >= 0.6 is 0 Å². The molecule has 0 radical (unpaired) electrons. The molecule has 9 heteroatoms. The summed E-state index contributed by atoms with van der Waals surface area (Å²) in [4.78, 5) is 11.6. The molecule has 0 unspecified atom stereocenters. The largest absolute Gasteiger partial charge is 0.510 e.